The van der Waals surface area contributed by atoms with Crippen molar-refractivity contribution >= 4 is 11.6 Å². The summed E-state index contributed by atoms with van der Waals surface area (Å²) in [7, 11) is 1.61. The molecule has 0 aliphatic heterocycles. The molecule has 0 radical (unpaired) electrons. The third-order valence-corrected chi connectivity index (χ3v) is 2.84. The molecular weight excluding hydrogens is 216 g/mol. The maximum atomic E-state index is 5.82. The first-order valence-corrected chi connectivity index (χ1v) is 6.04. The molecule has 1 aliphatic rings. The standard InChI is InChI=1S/C12H20N4O/c1-8(2)6-16(9-4-5-9)12-10(17-3)11(13)14-7-15-12/h7-9H,4-6H2,1-3H3,(H2,13,14,15). The summed E-state index contributed by atoms with van der Waals surface area (Å²) < 4.78 is 5.32. The fraction of sp³-hybridized carbons (Fsp3) is 0.667. The van der Waals surface area contributed by atoms with Gasteiger partial charge in [-0.1, -0.05) is 13.8 Å². The van der Waals surface area contributed by atoms with Gasteiger partial charge in [-0.25, -0.2) is 9.97 Å². The molecule has 1 aromatic heterocycles. The van der Waals surface area contributed by atoms with E-state index in [1.807, 2.05) is 0 Å². The SMILES string of the molecule is COc1c(N)ncnc1N(CC(C)C)C1CC1. The zero-order valence-electron chi connectivity index (χ0n) is 10.7. The molecule has 5 heteroatoms. The Morgan fingerprint density at radius 3 is 2.71 bits per heavy atom. The second kappa shape index (κ2) is 4.77. The lowest BCUT2D eigenvalue weighted by Gasteiger charge is -2.26. The first-order valence-electron chi connectivity index (χ1n) is 6.04. The van der Waals surface area contributed by atoms with Crippen molar-refractivity contribution in [3.8, 4) is 5.75 Å². The first-order chi connectivity index (χ1) is 8.13. The van der Waals surface area contributed by atoms with Crippen molar-refractivity contribution in [2.24, 2.45) is 5.92 Å². The Hall–Kier alpha value is -1.52. The molecule has 17 heavy (non-hydrogen) atoms. The lowest BCUT2D eigenvalue weighted by molar-refractivity contribution is 0.411. The highest BCUT2D eigenvalue weighted by Gasteiger charge is 2.32. The smallest absolute Gasteiger partial charge is 0.204 e. The minimum Gasteiger partial charge on any atom is -0.490 e. The zero-order valence-corrected chi connectivity index (χ0v) is 10.7. The number of anilines is 2. The molecule has 0 bridgehead atoms. The second-order valence-electron chi connectivity index (χ2n) is 4.89. The molecule has 2 rings (SSSR count). The molecule has 0 spiro atoms. The summed E-state index contributed by atoms with van der Waals surface area (Å²) in [5, 5.41) is 0. The number of aromatic nitrogens is 2. The third kappa shape index (κ3) is 2.60. The second-order valence-corrected chi connectivity index (χ2v) is 4.89. The van der Waals surface area contributed by atoms with Crippen LogP contribution in [0.4, 0.5) is 11.6 Å². The topological polar surface area (TPSA) is 64.3 Å². The van der Waals surface area contributed by atoms with Crippen molar-refractivity contribution < 1.29 is 4.74 Å². The van der Waals surface area contributed by atoms with Gasteiger partial charge in [-0.3, -0.25) is 0 Å². The van der Waals surface area contributed by atoms with Gasteiger partial charge in [0.25, 0.3) is 0 Å². The Kier molecular flexibility index (Phi) is 3.36. The molecule has 94 valence electrons. The van der Waals surface area contributed by atoms with Crippen LogP contribution >= 0.6 is 0 Å². The molecular formula is C12H20N4O. The van der Waals surface area contributed by atoms with Crippen LogP contribution in [-0.4, -0.2) is 29.7 Å². The molecule has 0 atom stereocenters. The van der Waals surface area contributed by atoms with Crippen LogP contribution in [0.5, 0.6) is 5.75 Å². The fourth-order valence-corrected chi connectivity index (χ4v) is 1.97. The minimum atomic E-state index is 0.409. The van der Waals surface area contributed by atoms with Gasteiger partial charge in [-0.15, -0.1) is 0 Å². The van der Waals surface area contributed by atoms with Crippen LogP contribution in [0, 0.1) is 5.92 Å². The van der Waals surface area contributed by atoms with Crippen molar-refractivity contribution in [3.63, 3.8) is 0 Å². The van der Waals surface area contributed by atoms with Gasteiger partial charge in [0.1, 0.15) is 6.33 Å². The number of nitrogens with zero attached hydrogens (tertiary/aromatic N) is 3. The van der Waals surface area contributed by atoms with Gasteiger partial charge in [-0.2, -0.15) is 0 Å². The summed E-state index contributed by atoms with van der Waals surface area (Å²) in [5.41, 5.74) is 5.82. The Morgan fingerprint density at radius 1 is 1.47 bits per heavy atom. The Morgan fingerprint density at radius 2 is 2.18 bits per heavy atom. The van der Waals surface area contributed by atoms with E-state index >= 15 is 0 Å². The number of hydrogen-bond acceptors (Lipinski definition) is 5. The molecule has 5 nitrogen and oxygen atoms in total. The van der Waals surface area contributed by atoms with Crippen LogP contribution in [0.3, 0.4) is 0 Å². The number of nitrogens with two attached hydrogens (primary N) is 1. The first kappa shape index (κ1) is 12.0. The van der Waals surface area contributed by atoms with Crippen LogP contribution in [0.1, 0.15) is 26.7 Å². The van der Waals surface area contributed by atoms with Crippen LogP contribution in [0.15, 0.2) is 6.33 Å². The molecule has 1 aromatic rings. The van der Waals surface area contributed by atoms with Gasteiger partial charge in [0.05, 0.1) is 7.11 Å². The van der Waals surface area contributed by atoms with E-state index in [-0.39, 0.29) is 0 Å². The zero-order chi connectivity index (χ0) is 12.4. The normalized spacial score (nSPS) is 15.1. The highest BCUT2D eigenvalue weighted by atomic mass is 16.5. The summed E-state index contributed by atoms with van der Waals surface area (Å²) >= 11 is 0. The van der Waals surface area contributed by atoms with Crippen molar-refractivity contribution in [2.45, 2.75) is 32.7 Å². The number of methoxy groups -OCH3 is 1. The fourth-order valence-electron chi connectivity index (χ4n) is 1.97. The molecule has 2 N–H and O–H groups in total. The van der Waals surface area contributed by atoms with Crippen molar-refractivity contribution in [3.05, 3.63) is 6.33 Å². The van der Waals surface area contributed by atoms with Gasteiger partial charge in [0.15, 0.2) is 11.6 Å². The van der Waals surface area contributed by atoms with E-state index in [2.05, 4.69) is 28.7 Å². The summed E-state index contributed by atoms with van der Waals surface area (Å²) in [5.74, 6) is 2.42. The number of rotatable bonds is 5. The predicted octanol–water partition coefficient (Wildman–Crippen LogP) is 1.69. The summed E-state index contributed by atoms with van der Waals surface area (Å²) in [6.45, 7) is 5.37. The highest BCUT2D eigenvalue weighted by Crippen LogP contribution is 2.37. The highest BCUT2D eigenvalue weighted by molar-refractivity contribution is 5.63. The van der Waals surface area contributed by atoms with E-state index in [4.69, 9.17) is 10.5 Å². The number of ether oxygens (including phenoxy) is 1. The van der Waals surface area contributed by atoms with Crippen molar-refractivity contribution in [1.29, 1.82) is 0 Å². The summed E-state index contributed by atoms with van der Waals surface area (Å²) in [6.07, 6.45) is 3.95. The van der Waals surface area contributed by atoms with Crippen LogP contribution < -0.4 is 15.4 Å². The van der Waals surface area contributed by atoms with Crippen molar-refractivity contribution in [1.82, 2.24) is 9.97 Å². The van der Waals surface area contributed by atoms with Crippen molar-refractivity contribution in [2.75, 3.05) is 24.3 Å². The third-order valence-electron chi connectivity index (χ3n) is 2.84. The van der Waals surface area contributed by atoms with E-state index in [9.17, 15) is 0 Å². The van der Waals surface area contributed by atoms with E-state index in [1.54, 1.807) is 7.11 Å². The molecule has 0 amide bonds. The van der Waals surface area contributed by atoms with Gasteiger partial charge >= 0.3 is 0 Å². The Labute approximate surface area is 102 Å². The molecule has 1 heterocycles. The summed E-state index contributed by atoms with van der Waals surface area (Å²) in [4.78, 5) is 10.6. The van der Waals surface area contributed by atoms with E-state index in [0.717, 1.165) is 12.4 Å². The average molecular weight is 236 g/mol. The van der Waals surface area contributed by atoms with Crippen LogP contribution in [-0.2, 0) is 0 Å². The average Bonchev–Trinajstić information content (AvgIpc) is 3.09. The monoisotopic (exact) mass is 236 g/mol. The maximum absolute atomic E-state index is 5.82. The lowest BCUT2D eigenvalue weighted by atomic mass is 10.2. The molecule has 0 saturated heterocycles. The molecule has 0 aromatic carbocycles. The molecule has 0 unspecified atom stereocenters. The van der Waals surface area contributed by atoms with Crippen LogP contribution in [0.2, 0.25) is 0 Å². The van der Waals surface area contributed by atoms with Gasteiger partial charge in [0.2, 0.25) is 5.75 Å². The molecule has 1 fully saturated rings. The number of nitrogen functional groups attached to an aromatic ring is 1. The quantitative estimate of drug-likeness (QED) is 0.842. The van der Waals surface area contributed by atoms with Gasteiger partial charge < -0.3 is 15.4 Å². The van der Waals surface area contributed by atoms with Crippen LogP contribution in [0.25, 0.3) is 0 Å². The lowest BCUT2D eigenvalue weighted by Crippen LogP contribution is -2.31. The molecule has 1 saturated carbocycles. The maximum Gasteiger partial charge on any atom is 0.204 e. The Balaban J connectivity index is 2.31. The van der Waals surface area contributed by atoms with Gasteiger partial charge in [-0.05, 0) is 18.8 Å². The molecule has 1 aliphatic carbocycles. The summed E-state index contributed by atoms with van der Waals surface area (Å²) in [6, 6.07) is 0.584. The largest absolute Gasteiger partial charge is 0.490 e. The predicted molar refractivity (Wildman–Crippen MR) is 68.2 cm³/mol. The van der Waals surface area contributed by atoms with E-state index in [0.29, 0.717) is 23.5 Å². The van der Waals surface area contributed by atoms with E-state index < -0.39 is 0 Å². The van der Waals surface area contributed by atoms with Gasteiger partial charge in [0, 0.05) is 12.6 Å². The number of hydrogen-bond donors (Lipinski definition) is 1. The minimum absolute atomic E-state index is 0.409. The van der Waals surface area contributed by atoms with E-state index in [1.165, 1.54) is 19.2 Å². The Bertz CT molecular complexity index is 390.